The molecule has 1 atom stereocenters. The third-order valence-electron chi connectivity index (χ3n) is 3.23. The molecule has 4 nitrogen and oxygen atoms in total. The molecule has 0 amide bonds. The lowest BCUT2D eigenvalue weighted by Crippen LogP contribution is -2.26. The highest BCUT2D eigenvalue weighted by Gasteiger charge is 2.10. The maximum absolute atomic E-state index is 10.7. The minimum absolute atomic E-state index is 0.183. The Kier molecular flexibility index (Phi) is 14.3. The molecule has 0 aromatic carbocycles. The van der Waals surface area contributed by atoms with E-state index >= 15 is 0 Å². The molecule has 0 aromatic heterocycles. The second kappa shape index (κ2) is 14.8. The highest BCUT2D eigenvalue weighted by Crippen LogP contribution is 2.09. The molecule has 0 aliphatic heterocycles. The number of rotatable bonds is 14. The van der Waals surface area contributed by atoms with Crippen molar-refractivity contribution in [1.82, 2.24) is 0 Å². The Labute approximate surface area is 123 Å². The number of carbonyl (C=O) groups excluding carboxylic acids is 1. The van der Waals surface area contributed by atoms with Crippen LogP contribution in [0.2, 0.25) is 0 Å². The molecule has 0 spiro atoms. The van der Waals surface area contributed by atoms with Crippen LogP contribution in [0.5, 0.6) is 0 Å². The normalized spacial score (nSPS) is 12.3. The fourth-order valence-electron chi connectivity index (χ4n) is 2.09. The summed E-state index contributed by atoms with van der Waals surface area (Å²) in [5.41, 5.74) is 0. The van der Waals surface area contributed by atoms with Gasteiger partial charge < -0.3 is 14.6 Å². The number of unbranched alkanes of at least 4 members (excludes halogenated alkanes) is 8. The molecule has 0 saturated carbocycles. The largest absolute Gasteiger partial charge is 0.458 e. The predicted molar refractivity (Wildman–Crippen MR) is 80.7 cm³/mol. The Morgan fingerprint density at radius 2 is 1.55 bits per heavy atom. The van der Waals surface area contributed by atoms with Crippen molar-refractivity contribution in [3.63, 3.8) is 0 Å². The van der Waals surface area contributed by atoms with Crippen LogP contribution in [-0.2, 0) is 14.3 Å². The van der Waals surface area contributed by atoms with E-state index in [-0.39, 0.29) is 19.2 Å². The van der Waals surface area contributed by atoms with E-state index in [0.29, 0.717) is 6.61 Å². The van der Waals surface area contributed by atoms with Gasteiger partial charge in [0.15, 0.2) is 0 Å². The molecule has 1 N–H and O–H groups in total. The van der Waals surface area contributed by atoms with Crippen molar-refractivity contribution in [3.05, 3.63) is 0 Å². The minimum atomic E-state index is -0.522. The lowest BCUT2D eigenvalue weighted by molar-refractivity contribution is -0.151. The number of carbonyl (C=O) groups is 1. The number of ether oxygens (including phenoxy) is 2. The highest BCUT2D eigenvalue weighted by atomic mass is 16.6. The molecule has 1 unspecified atom stereocenters. The van der Waals surface area contributed by atoms with Gasteiger partial charge in [0, 0.05) is 13.5 Å². The molecule has 0 bridgehead atoms. The molecule has 120 valence electrons. The summed E-state index contributed by atoms with van der Waals surface area (Å²) in [5.74, 6) is -0.379. The lowest BCUT2D eigenvalue weighted by atomic mass is 10.1. The maximum Gasteiger partial charge on any atom is 0.303 e. The van der Waals surface area contributed by atoms with Crippen molar-refractivity contribution in [2.45, 2.75) is 77.7 Å². The first-order valence-electron chi connectivity index (χ1n) is 8.06. The van der Waals surface area contributed by atoms with E-state index in [9.17, 15) is 4.79 Å². The average molecular weight is 288 g/mol. The fraction of sp³-hybridized carbons (Fsp3) is 0.938. The SMILES string of the molecule is CCCCCCCCCCCOCC(CO)OC(C)=O. The zero-order chi connectivity index (χ0) is 15.1. The van der Waals surface area contributed by atoms with Crippen LogP contribution in [-0.4, -0.2) is 37.0 Å². The quantitative estimate of drug-likeness (QED) is 0.393. The van der Waals surface area contributed by atoms with E-state index in [4.69, 9.17) is 14.6 Å². The molecule has 0 aliphatic carbocycles. The van der Waals surface area contributed by atoms with Gasteiger partial charge in [-0.15, -0.1) is 0 Å². The molecular formula is C16H32O4. The highest BCUT2D eigenvalue weighted by molar-refractivity contribution is 5.66. The molecule has 4 heteroatoms. The van der Waals surface area contributed by atoms with E-state index in [1.54, 1.807) is 0 Å². The van der Waals surface area contributed by atoms with Crippen LogP contribution in [0.4, 0.5) is 0 Å². The van der Waals surface area contributed by atoms with Gasteiger partial charge in [-0.3, -0.25) is 4.79 Å². The summed E-state index contributed by atoms with van der Waals surface area (Å²) in [5, 5.41) is 8.98. The van der Waals surface area contributed by atoms with Gasteiger partial charge >= 0.3 is 5.97 Å². The molecule has 0 aromatic rings. The Morgan fingerprint density at radius 1 is 1.00 bits per heavy atom. The molecule has 0 aliphatic rings. The molecule has 0 radical (unpaired) electrons. The van der Waals surface area contributed by atoms with Crippen molar-refractivity contribution in [3.8, 4) is 0 Å². The van der Waals surface area contributed by atoms with Crippen molar-refractivity contribution in [2.24, 2.45) is 0 Å². The van der Waals surface area contributed by atoms with Crippen LogP contribution in [0.1, 0.15) is 71.6 Å². The van der Waals surface area contributed by atoms with Crippen LogP contribution < -0.4 is 0 Å². The molecule has 0 heterocycles. The summed E-state index contributed by atoms with van der Waals surface area (Å²) < 4.78 is 10.3. The fourth-order valence-corrected chi connectivity index (χ4v) is 2.09. The first kappa shape index (κ1) is 19.4. The first-order chi connectivity index (χ1) is 9.70. The second-order valence-electron chi connectivity index (χ2n) is 5.32. The minimum Gasteiger partial charge on any atom is -0.458 e. The summed E-state index contributed by atoms with van der Waals surface area (Å²) in [7, 11) is 0. The van der Waals surface area contributed by atoms with Crippen molar-refractivity contribution in [2.75, 3.05) is 19.8 Å². The number of hydrogen-bond acceptors (Lipinski definition) is 4. The third-order valence-corrected chi connectivity index (χ3v) is 3.23. The predicted octanol–water partition coefficient (Wildman–Crippen LogP) is 3.46. The van der Waals surface area contributed by atoms with E-state index in [2.05, 4.69) is 6.92 Å². The Balaban J connectivity index is 3.21. The topological polar surface area (TPSA) is 55.8 Å². The van der Waals surface area contributed by atoms with Gasteiger partial charge in [0.25, 0.3) is 0 Å². The first-order valence-corrected chi connectivity index (χ1v) is 8.06. The maximum atomic E-state index is 10.7. The van der Waals surface area contributed by atoms with Crippen molar-refractivity contribution < 1.29 is 19.4 Å². The smallest absolute Gasteiger partial charge is 0.303 e. The molecule has 0 rings (SSSR count). The number of hydrogen-bond donors (Lipinski definition) is 1. The standard InChI is InChI=1S/C16H32O4/c1-3-4-5-6-7-8-9-10-11-12-19-14-16(13-17)20-15(2)18/h16-17H,3-14H2,1-2H3. The van der Waals surface area contributed by atoms with E-state index in [1.807, 2.05) is 0 Å². The Morgan fingerprint density at radius 3 is 2.05 bits per heavy atom. The van der Waals surface area contributed by atoms with Crippen molar-refractivity contribution in [1.29, 1.82) is 0 Å². The van der Waals surface area contributed by atoms with Crippen LogP contribution >= 0.6 is 0 Å². The van der Waals surface area contributed by atoms with Gasteiger partial charge in [-0.25, -0.2) is 0 Å². The summed E-state index contributed by atoms with van der Waals surface area (Å²) >= 11 is 0. The summed E-state index contributed by atoms with van der Waals surface area (Å²) in [6, 6.07) is 0. The lowest BCUT2D eigenvalue weighted by Gasteiger charge is -2.14. The molecule has 0 saturated heterocycles. The van der Waals surface area contributed by atoms with Gasteiger partial charge in [-0.1, -0.05) is 58.3 Å². The molecule has 20 heavy (non-hydrogen) atoms. The Hall–Kier alpha value is -0.610. The molecule has 0 fully saturated rings. The number of esters is 1. The van der Waals surface area contributed by atoms with Gasteiger partial charge in [0.1, 0.15) is 6.10 Å². The third kappa shape index (κ3) is 13.8. The summed E-state index contributed by atoms with van der Waals surface area (Å²) in [6.45, 7) is 4.35. The summed E-state index contributed by atoms with van der Waals surface area (Å²) in [4.78, 5) is 10.7. The van der Waals surface area contributed by atoms with Gasteiger partial charge in [-0.05, 0) is 6.42 Å². The zero-order valence-corrected chi connectivity index (χ0v) is 13.2. The van der Waals surface area contributed by atoms with Crippen LogP contribution in [0.15, 0.2) is 0 Å². The van der Waals surface area contributed by atoms with Gasteiger partial charge in [0.2, 0.25) is 0 Å². The number of aliphatic hydroxyl groups is 1. The van der Waals surface area contributed by atoms with Crippen LogP contribution in [0.3, 0.4) is 0 Å². The van der Waals surface area contributed by atoms with E-state index < -0.39 is 6.10 Å². The zero-order valence-electron chi connectivity index (χ0n) is 13.2. The van der Waals surface area contributed by atoms with Gasteiger partial charge in [-0.2, -0.15) is 0 Å². The monoisotopic (exact) mass is 288 g/mol. The molecular weight excluding hydrogens is 256 g/mol. The van der Waals surface area contributed by atoms with Crippen molar-refractivity contribution >= 4 is 5.97 Å². The van der Waals surface area contributed by atoms with Gasteiger partial charge in [0.05, 0.1) is 13.2 Å². The van der Waals surface area contributed by atoms with Crippen LogP contribution in [0.25, 0.3) is 0 Å². The summed E-state index contributed by atoms with van der Waals surface area (Å²) in [6.07, 6.45) is 11.0. The van der Waals surface area contributed by atoms with Crippen LogP contribution in [0, 0.1) is 0 Å². The average Bonchev–Trinajstić information content (AvgIpc) is 2.43. The Bertz CT molecular complexity index is 219. The number of aliphatic hydroxyl groups excluding tert-OH is 1. The second-order valence-corrected chi connectivity index (χ2v) is 5.32. The van der Waals surface area contributed by atoms with E-state index in [1.165, 1.54) is 58.3 Å². The van der Waals surface area contributed by atoms with E-state index in [0.717, 1.165) is 6.42 Å².